The number of nitro benzene ring substituents is 1. The van der Waals surface area contributed by atoms with Gasteiger partial charge in [-0.25, -0.2) is 0 Å². The number of hydrogen-bond donors (Lipinski definition) is 2. The summed E-state index contributed by atoms with van der Waals surface area (Å²) < 4.78 is 0. The van der Waals surface area contributed by atoms with Crippen LogP contribution in [0.15, 0.2) is 35.2 Å². The number of nitrogens with zero attached hydrogens (tertiary/aromatic N) is 1. The number of hydrogen-bond acceptors (Lipinski definition) is 5. The van der Waals surface area contributed by atoms with Crippen LogP contribution in [0.2, 0.25) is 10.0 Å². The van der Waals surface area contributed by atoms with Crippen molar-refractivity contribution in [2.24, 2.45) is 0 Å². The quantitative estimate of drug-likeness (QED) is 0.357. The summed E-state index contributed by atoms with van der Waals surface area (Å²) in [5.41, 5.74) is 5.78. The van der Waals surface area contributed by atoms with Gasteiger partial charge in [-0.3, -0.25) is 14.9 Å². The van der Waals surface area contributed by atoms with E-state index in [-0.39, 0.29) is 27.0 Å². The molecule has 0 fully saturated rings. The Morgan fingerprint density at radius 1 is 1.26 bits per heavy atom. The second-order valence-electron chi connectivity index (χ2n) is 4.45. The molecule has 0 heterocycles. The fraction of sp³-hybridized carbons (Fsp3) is 0.0714. The monoisotopic (exact) mass is 371 g/mol. The minimum absolute atomic E-state index is 0.0501. The highest BCUT2D eigenvalue weighted by Crippen LogP contribution is 2.32. The summed E-state index contributed by atoms with van der Waals surface area (Å²) >= 11 is 13.2. The van der Waals surface area contributed by atoms with Crippen LogP contribution in [0.3, 0.4) is 0 Å². The molecular formula is C14H11Cl2N3O3S. The number of thioether (sulfide) groups is 1. The molecule has 0 aliphatic carbocycles. The van der Waals surface area contributed by atoms with E-state index < -0.39 is 10.8 Å². The molecule has 0 aliphatic rings. The number of rotatable bonds is 4. The molecule has 23 heavy (non-hydrogen) atoms. The highest BCUT2D eigenvalue weighted by molar-refractivity contribution is 7.98. The zero-order chi connectivity index (χ0) is 17.1. The summed E-state index contributed by atoms with van der Waals surface area (Å²) in [4.78, 5) is 23.6. The molecular weight excluding hydrogens is 361 g/mol. The van der Waals surface area contributed by atoms with E-state index in [4.69, 9.17) is 28.9 Å². The number of nitrogens with two attached hydrogens (primary N) is 1. The smallest absolute Gasteiger partial charge is 0.282 e. The highest BCUT2D eigenvalue weighted by atomic mass is 35.5. The molecule has 0 radical (unpaired) electrons. The number of nitrogen functional groups attached to an aromatic ring is 1. The van der Waals surface area contributed by atoms with E-state index in [1.165, 1.54) is 36.0 Å². The lowest BCUT2D eigenvalue weighted by molar-refractivity contribution is -0.385. The molecule has 3 N–H and O–H groups in total. The number of anilines is 2. The van der Waals surface area contributed by atoms with E-state index in [0.29, 0.717) is 5.69 Å². The van der Waals surface area contributed by atoms with E-state index in [2.05, 4.69) is 5.32 Å². The molecule has 0 bridgehead atoms. The average molecular weight is 372 g/mol. The fourth-order valence-corrected chi connectivity index (χ4v) is 2.76. The van der Waals surface area contributed by atoms with Gasteiger partial charge >= 0.3 is 0 Å². The van der Waals surface area contributed by atoms with Crippen LogP contribution in [0.1, 0.15) is 10.4 Å². The van der Waals surface area contributed by atoms with Crippen LogP contribution >= 0.6 is 35.0 Å². The van der Waals surface area contributed by atoms with E-state index >= 15 is 0 Å². The van der Waals surface area contributed by atoms with Crippen LogP contribution in [-0.4, -0.2) is 17.1 Å². The van der Waals surface area contributed by atoms with Crippen LogP contribution in [-0.2, 0) is 0 Å². The summed E-state index contributed by atoms with van der Waals surface area (Å²) in [7, 11) is 0. The Balaban J connectivity index is 2.39. The summed E-state index contributed by atoms with van der Waals surface area (Å²) in [5.74, 6) is -0.635. The van der Waals surface area contributed by atoms with Gasteiger partial charge in [0.25, 0.3) is 11.6 Å². The van der Waals surface area contributed by atoms with Crippen molar-refractivity contribution in [3.05, 3.63) is 56.1 Å². The van der Waals surface area contributed by atoms with E-state index in [1.807, 2.05) is 6.26 Å². The molecule has 2 aromatic rings. The van der Waals surface area contributed by atoms with Crippen molar-refractivity contribution >= 4 is 57.9 Å². The molecule has 0 aliphatic heterocycles. The van der Waals surface area contributed by atoms with Gasteiger partial charge < -0.3 is 11.1 Å². The van der Waals surface area contributed by atoms with Gasteiger partial charge in [0.1, 0.15) is 5.56 Å². The normalized spacial score (nSPS) is 10.4. The second-order valence-corrected chi connectivity index (χ2v) is 6.14. The summed E-state index contributed by atoms with van der Waals surface area (Å²) in [6, 6.07) is 7.18. The third-order valence-electron chi connectivity index (χ3n) is 2.98. The summed E-state index contributed by atoms with van der Waals surface area (Å²) in [6.45, 7) is 0. The number of carbonyl (C=O) groups is 1. The first-order valence-electron chi connectivity index (χ1n) is 6.21. The van der Waals surface area contributed by atoms with Crippen molar-refractivity contribution in [1.29, 1.82) is 0 Å². The van der Waals surface area contributed by atoms with Gasteiger partial charge in [-0.2, -0.15) is 0 Å². The van der Waals surface area contributed by atoms with Crippen LogP contribution < -0.4 is 11.1 Å². The lowest BCUT2D eigenvalue weighted by Crippen LogP contribution is -2.14. The number of nitro groups is 1. The van der Waals surface area contributed by atoms with Crippen LogP contribution in [0.5, 0.6) is 0 Å². The standard InChI is InChI=1S/C14H11Cl2N3O3S/c1-23-8-2-3-12(19(21)22)9(6-8)14(20)18-7-4-10(15)13(17)11(16)5-7/h2-6H,17H2,1H3,(H,18,20). The van der Waals surface area contributed by atoms with Gasteiger partial charge in [0, 0.05) is 16.6 Å². The molecule has 0 atom stereocenters. The molecule has 0 saturated carbocycles. The Kier molecular flexibility index (Phi) is 5.35. The van der Waals surface area contributed by atoms with Crippen molar-refractivity contribution in [2.45, 2.75) is 4.90 Å². The molecule has 9 heteroatoms. The first-order chi connectivity index (χ1) is 10.8. The number of nitrogens with one attached hydrogen (secondary N) is 1. The lowest BCUT2D eigenvalue weighted by Gasteiger charge is -2.09. The molecule has 1 amide bonds. The predicted octanol–water partition coefficient (Wildman–Crippen LogP) is 4.46. The number of benzene rings is 2. The second kappa shape index (κ2) is 7.08. The minimum Gasteiger partial charge on any atom is -0.396 e. The van der Waals surface area contributed by atoms with Gasteiger partial charge in [-0.15, -0.1) is 11.8 Å². The maximum absolute atomic E-state index is 12.4. The van der Waals surface area contributed by atoms with Crippen molar-refractivity contribution in [2.75, 3.05) is 17.3 Å². The van der Waals surface area contributed by atoms with Crippen molar-refractivity contribution in [1.82, 2.24) is 0 Å². The van der Waals surface area contributed by atoms with Crippen LogP contribution in [0.25, 0.3) is 0 Å². The largest absolute Gasteiger partial charge is 0.396 e. The van der Waals surface area contributed by atoms with E-state index in [0.717, 1.165) is 4.90 Å². The summed E-state index contributed by atoms with van der Waals surface area (Å²) in [6.07, 6.45) is 1.81. The SMILES string of the molecule is CSc1ccc([N+](=O)[O-])c(C(=O)Nc2cc(Cl)c(N)c(Cl)c2)c1. The highest BCUT2D eigenvalue weighted by Gasteiger charge is 2.21. The topological polar surface area (TPSA) is 98.3 Å². The summed E-state index contributed by atoms with van der Waals surface area (Å²) in [5, 5.41) is 14.0. The zero-order valence-electron chi connectivity index (χ0n) is 11.8. The molecule has 120 valence electrons. The van der Waals surface area contributed by atoms with Crippen LogP contribution in [0.4, 0.5) is 17.1 Å². The van der Waals surface area contributed by atoms with E-state index in [9.17, 15) is 14.9 Å². The van der Waals surface area contributed by atoms with Crippen molar-refractivity contribution < 1.29 is 9.72 Å². The Labute approximate surface area is 146 Å². The number of carbonyl (C=O) groups excluding carboxylic acids is 1. The number of amides is 1. The lowest BCUT2D eigenvalue weighted by atomic mass is 10.1. The Bertz CT molecular complexity index is 776. The first kappa shape index (κ1) is 17.4. The fourth-order valence-electron chi connectivity index (χ4n) is 1.84. The van der Waals surface area contributed by atoms with Gasteiger partial charge in [0.05, 0.1) is 20.7 Å². The van der Waals surface area contributed by atoms with Crippen molar-refractivity contribution in [3.8, 4) is 0 Å². The van der Waals surface area contributed by atoms with Gasteiger partial charge in [0.2, 0.25) is 0 Å². The Morgan fingerprint density at radius 2 is 1.87 bits per heavy atom. The Hall–Kier alpha value is -1.96. The average Bonchev–Trinajstić information content (AvgIpc) is 2.51. The van der Waals surface area contributed by atoms with E-state index in [1.54, 1.807) is 6.07 Å². The van der Waals surface area contributed by atoms with Gasteiger partial charge in [-0.05, 0) is 30.5 Å². The molecule has 0 spiro atoms. The van der Waals surface area contributed by atoms with Crippen LogP contribution in [0, 0.1) is 10.1 Å². The van der Waals surface area contributed by atoms with Crippen molar-refractivity contribution in [3.63, 3.8) is 0 Å². The maximum Gasteiger partial charge on any atom is 0.282 e. The third-order valence-corrected chi connectivity index (χ3v) is 4.33. The first-order valence-corrected chi connectivity index (χ1v) is 8.20. The maximum atomic E-state index is 12.4. The predicted molar refractivity (Wildman–Crippen MR) is 93.7 cm³/mol. The third kappa shape index (κ3) is 3.87. The molecule has 0 aromatic heterocycles. The zero-order valence-corrected chi connectivity index (χ0v) is 14.1. The minimum atomic E-state index is -0.635. The molecule has 0 saturated heterocycles. The van der Waals surface area contributed by atoms with Gasteiger partial charge in [0.15, 0.2) is 0 Å². The molecule has 6 nitrogen and oxygen atoms in total. The molecule has 2 aromatic carbocycles. The molecule has 0 unspecified atom stereocenters. The Morgan fingerprint density at radius 3 is 2.39 bits per heavy atom. The molecule has 2 rings (SSSR count). The van der Waals surface area contributed by atoms with Gasteiger partial charge in [-0.1, -0.05) is 23.2 Å². The number of halogens is 2.